The Morgan fingerprint density at radius 2 is 2.00 bits per heavy atom. The molecule has 0 atom stereocenters. The Morgan fingerprint density at radius 1 is 1.25 bits per heavy atom. The van der Waals surface area contributed by atoms with Crippen LogP contribution >= 0.6 is 11.8 Å². The van der Waals surface area contributed by atoms with Crippen molar-refractivity contribution in [2.75, 3.05) is 31.9 Å². The molecule has 0 saturated carbocycles. The molecule has 0 aliphatic carbocycles. The van der Waals surface area contributed by atoms with Crippen molar-refractivity contribution < 1.29 is 18.0 Å². The van der Waals surface area contributed by atoms with Gasteiger partial charge in [0.25, 0.3) is 0 Å². The second-order valence-electron chi connectivity index (χ2n) is 6.62. The quantitative estimate of drug-likeness (QED) is 0.841. The minimum Gasteiger partial charge on any atom is -0.342 e. The zero-order valence-corrected chi connectivity index (χ0v) is 14.2. The molecule has 1 amide bonds. The van der Waals surface area contributed by atoms with Gasteiger partial charge in [0.2, 0.25) is 5.91 Å². The Balaban J connectivity index is 1.51. The van der Waals surface area contributed by atoms with Crippen LogP contribution in [0.5, 0.6) is 0 Å². The molecule has 3 nitrogen and oxygen atoms in total. The predicted octanol–water partition coefficient (Wildman–Crippen LogP) is 3.40. The van der Waals surface area contributed by atoms with E-state index in [1.165, 1.54) is 24.2 Å². The number of likely N-dealkylation sites (tertiary alicyclic amines) is 1. The number of amides is 1. The molecule has 0 aromatic heterocycles. The van der Waals surface area contributed by atoms with Crippen molar-refractivity contribution in [3.8, 4) is 0 Å². The van der Waals surface area contributed by atoms with Gasteiger partial charge in [-0.1, -0.05) is 6.07 Å². The van der Waals surface area contributed by atoms with E-state index in [0.717, 1.165) is 51.2 Å². The van der Waals surface area contributed by atoms with Gasteiger partial charge in [0, 0.05) is 24.5 Å². The number of carbonyl (C=O) groups is 1. The lowest BCUT2D eigenvalue weighted by Gasteiger charge is -2.38. The number of hydrogen-bond donors (Lipinski definition) is 1. The van der Waals surface area contributed by atoms with Crippen LogP contribution in [0.15, 0.2) is 29.2 Å². The third-order valence-electron chi connectivity index (χ3n) is 5.03. The molecule has 7 heteroatoms. The van der Waals surface area contributed by atoms with Gasteiger partial charge in [-0.15, -0.1) is 11.8 Å². The Kier molecular flexibility index (Phi) is 5.11. The molecule has 2 aliphatic rings. The predicted molar refractivity (Wildman–Crippen MR) is 87.9 cm³/mol. The first-order valence-electron chi connectivity index (χ1n) is 8.17. The fraction of sp³-hybridized carbons (Fsp3) is 0.588. The highest BCUT2D eigenvalue weighted by molar-refractivity contribution is 8.00. The molecule has 1 aromatic carbocycles. The number of hydrogen-bond acceptors (Lipinski definition) is 3. The fourth-order valence-corrected chi connectivity index (χ4v) is 4.31. The largest absolute Gasteiger partial charge is 0.416 e. The molecule has 2 aliphatic heterocycles. The summed E-state index contributed by atoms with van der Waals surface area (Å²) < 4.78 is 38.1. The molecule has 24 heavy (non-hydrogen) atoms. The molecule has 132 valence electrons. The minimum atomic E-state index is -4.35. The standard InChI is InChI=1S/C17H21F3N2OS/c18-17(19,20)13-2-1-3-14(10-13)24-11-15(23)22-8-5-16(6-9-22)4-7-21-12-16/h1-3,10,21H,4-9,11-12H2. The third kappa shape index (κ3) is 4.06. The molecule has 2 saturated heterocycles. The summed E-state index contributed by atoms with van der Waals surface area (Å²) in [5.74, 6) is 0.199. The van der Waals surface area contributed by atoms with Gasteiger partial charge in [-0.2, -0.15) is 13.2 Å². The van der Waals surface area contributed by atoms with Crippen LogP contribution in [0.1, 0.15) is 24.8 Å². The topological polar surface area (TPSA) is 32.3 Å². The maximum atomic E-state index is 12.7. The molecule has 1 aromatic rings. The van der Waals surface area contributed by atoms with E-state index in [1.807, 2.05) is 4.90 Å². The zero-order chi connectivity index (χ0) is 17.2. The van der Waals surface area contributed by atoms with Gasteiger partial charge in [0.05, 0.1) is 11.3 Å². The summed E-state index contributed by atoms with van der Waals surface area (Å²) in [5.41, 5.74) is -0.320. The van der Waals surface area contributed by atoms with E-state index in [2.05, 4.69) is 5.32 Å². The number of alkyl halides is 3. The third-order valence-corrected chi connectivity index (χ3v) is 6.01. The number of rotatable bonds is 3. The molecule has 0 radical (unpaired) electrons. The number of halogens is 3. The van der Waals surface area contributed by atoms with E-state index in [1.54, 1.807) is 6.07 Å². The summed E-state index contributed by atoms with van der Waals surface area (Å²) in [6.07, 6.45) is -1.15. The molecule has 0 bridgehead atoms. The summed E-state index contributed by atoms with van der Waals surface area (Å²) in [7, 11) is 0. The molecule has 3 rings (SSSR count). The van der Waals surface area contributed by atoms with Crippen molar-refractivity contribution in [1.29, 1.82) is 0 Å². The molecular formula is C17H21F3N2OS. The number of nitrogens with zero attached hydrogens (tertiary/aromatic N) is 1. The van der Waals surface area contributed by atoms with Gasteiger partial charge in [-0.25, -0.2) is 0 Å². The fourth-order valence-electron chi connectivity index (χ4n) is 3.45. The lowest BCUT2D eigenvalue weighted by molar-refractivity contribution is -0.137. The SMILES string of the molecule is O=C(CSc1cccc(C(F)(F)F)c1)N1CCC2(CCNC2)CC1. The number of nitrogens with one attached hydrogen (secondary N) is 1. The van der Waals surface area contributed by atoms with Gasteiger partial charge in [-0.3, -0.25) is 4.79 Å². The van der Waals surface area contributed by atoms with E-state index >= 15 is 0 Å². The van der Waals surface area contributed by atoms with Crippen LogP contribution in [-0.4, -0.2) is 42.7 Å². The highest BCUT2D eigenvalue weighted by Gasteiger charge is 2.38. The molecule has 2 heterocycles. The summed E-state index contributed by atoms with van der Waals surface area (Å²) >= 11 is 1.17. The smallest absolute Gasteiger partial charge is 0.342 e. The van der Waals surface area contributed by atoms with Gasteiger partial charge in [0.15, 0.2) is 0 Å². The lowest BCUT2D eigenvalue weighted by Crippen LogP contribution is -2.44. The Hall–Kier alpha value is -1.21. The van der Waals surface area contributed by atoms with E-state index in [-0.39, 0.29) is 11.7 Å². The van der Waals surface area contributed by atoms with Crippen molar-refractivity contribution in [1.82, 2.24) is 10.2 Å². The Bertz CT molecular complexity index is 590. The maximum Gasteiger partial charge on any atom is 0.416 e. The summed E-state index contributed by atoms with van der Waals surface area (Å²) in [6.45, 7) is 3.60. The molecule has 0 unspecified atom stereocenters. The van der Waals surface area contributed by atoms with Crippen LogP contribution in [0.4, 0.5) is 13.2 Å². The van der Waals surface area contributed by atoms with Crippen LogP contribution in [0.25, 0.3) is 0 Å². The number of benzene rings is 1. The Labute approximate surface area is 144 Å². The second-order valence-corrected chi connectivity index (χ2v) is 7.67. The molecular weight excluding hydrogens is 337 g/mol. The second kappa shape index (κ2) is 6.96. The molecule has 1 N–H and O–H groups in total. The normalized spacial score (nSPS) is 20.5. The van der Waals surface area contributed by atoms with Crippen LogP contribution in [-0.2, 0) is 11.0 Å². The number of piperidine rings is 1. The van der Waals surface area contributed by atoms with Gasteiger partial charge >= 0.3 is 6.18 Å². The maximum absolute atomic E-state index is 12.7. The minimum absolute atomic E-state index is 0.0122. The number of thioether (sulfide) groups is 1. The first kappa shape index (κ1) is 17.6. The van der Waals surface area contributed by atoms with Crippen LogP contribution in [0.3, 0.4) is 0 Å². The lowest BCUT2D eigenvalue weighted by atomic mass is 9.78. The van der Waals surface area contributed by atoms with E-state index in [9.17, 15) is 18.0 Å². The van der Waals surface area contributed by atoms with Crippen molar-refractivity contribution >= 4 is 17.7 Å². The van der Waals surface area contributed by atoms with Crippen molar-refractivity contribution in [3.63, 3.8) is 0 Å². The van der Waals surface area contributed by atoms with Crippen molar-refractivity contribution in [2.45, 2.75) is 30.3 Å². The van der Waals surface area contributed by atoms with Crippen molar-refractivity contribution in [3.05, 3.63) is 29.8 Å². The van der Waals surface area contributed by atoms with E-state index in [0.29, 0.717) is 10.3 Å². The summed E-state index contributed by atoms with van der Waals surface area (Å²) in [6, 6.07) is 5.15. The Morgan fingerprint density at radius 3 is 2.62 bits per heavy atom. The van der Waals surface area contributed by atoms with Gasteiger partial charge < -0.3 is 10.2 Å². The monoisotopic (exact) mass is 358 g/mol. The van der Waals surface area contributed by atoms with E-state index < -0.39 is 11.7 Å². The van der Waals surface area contributed by atoms with Crippen LogP contribution in [0, 0.1) is 5.41 Å². The number of carbonyl (C=O) groups excluding carboxylic acids is 1. The summed E-state index contributed by atoms with van der Waals surface area (Å²) in [4.78, 5) is 14.7. The van der Waals surface area contributed by atoms with Crippen LogP contribution in [0.2, 0.25) is 0 Å². The highest BCUT2D eigenvalue weighted by atomic mass is 32.2. The zero-order valence-electron chi connectivity index (χ0n) is 13.4. The van der Waals surface area contributed by atoms with Gasteiger partial charge in [-0.05, 0) is 49.4 Å². The first-order valence-corrected chi connectivity index (χ1v) is 9.15. The highest BCUT2D eigenvalue weighted by Crippen LogP contribution is 2.37. The van der Waals surface area contributed by atoms with E-state index in [4.69, 9.17) is 0 Å². The average molecular weight is 358 g/mol. The molecule has 1 spiro atoms. The van der Waals surface area contributed by atoms with Crippen LogP contribution < -0.4 is 5.32 Å². The van der Waals surface area contributed by atoms with Crippen molar-refractivity contribution in [2.24, 2.45) is 5.41 Å². The van der Waals surface area contributed by atoms with Gasteiger partial charge in [0.1, 0.15) is 0 Å². The summed E-state index contributed by atoms with van der Waals surface area (Å²) in [5, 5.41) is 3.39. The average Bonchev–Trinajstić information content (AvgIpc) is 3.01. The molecule has 2 fully saturated rings. The first-order chi connectivity index (χ1) is 11.4.